The van der Waals surface area contributed by atoms with Crippen LogP contribution in [0.5, 0.6) is 0 Å². The molecule has 0 saturated carbocycles. The average Bonchev–Trinajstić information content (AvgIpc) is 2.85. The second-order valence-electron chi connectivity index (χ2n) is 4.50. The van der Waals surface area contributed by atoms with Crippen molar-refractivity contribution in [2.24, 2.45) is 0 Å². The summed E-state index contributed by atoms with van der Waals surface area (Å²) >= 11 is 1.51. The second kappa shape index (κ2) is 5.14. The molecular formula is C12H19N3OS. The summed E-state index contributed by atoms with van der Waals surface area (Å²) in [5.74, 6) is 0.158. The molecule has 1 unspecified atom stereocenters. The quantitative estimate of drug-likeness (QED) is 0.889. The monoisotopic (exact) mass is 253 g/mol. The highest BCUT2D eigenvalue weighted by Gasteiger charge is 2.30. The number of likely N-dealkylation sites (N-methyl/N-ethyl adjacent to an activating group) is 1. The average molecular weight is 253 g/mol. The molecule has 4 nitrogen and oxygen atoms in total. The minimum Gasteiger partial charge on any atom is -0.334 e. The summed E-state index contributed by atoms with van der Waals surface area (Å²) in [4.78, 5) is 19.6. The van der Waals surface area contributed by atoms with Crippen molar-refractivity contribution in [3.8, 4) is 0 Å². The van der Waals surface area contributed by atoms with Crippen LogP contribution >= 0.6 is 11.3 Å². The molecule has 0 aromatic carbocycles. The van der Waals surface area contributed by atoms with Crippen LogP contribution in [0.3, 0.4) is 0 Å². The molecular weight excluding hydrogens is 234 g/mol. The molecule has 1 fully saturated rings. The van der Waals surface area contributed by atoms with Gasteiger partial charge >= 0.3 is 0 Å². The van der Waals surface area contributed by atoms with Crippen molar-refractivity contribution in [1.82, 2.24) is 15.2 Å². The summed E-state index contributed by atoms with van der Waals surface area (Å²) in [7, 11) is 1.93. The van der Waals surface area contributed by atoms with Gasteiger partial charge in [0.1, 0.15) is 4.88 Å². The lowest BCUT2D eigenvalue weighted by Crippen LogP contribution is -2.40. The maximum atomic E-state index is 12.4. The number of aryl methyl sites for hydroxylation is 2. The summed E-state index contributed by atoms with van der Waals surface area (Å²) in [6, 6.07) is 0.342. The lowest BCUT2D eigenvalue weighted by atomic mass is 10.2. The van der Waals surface area contributed by atoms with Crippen LogP contribution in [0, 0.1) is 13.8 Å². The van der Waals surface area contributed by atoms with E-state index in [9.17, 15) is 4.79 Å². The number of aromatic nitrogens is 1. The number of carbonyl (C=O) groups excluding carboxylic acids is 1. The predicted molar refractivity (Wildman–Crippen MR) is 69.6 cm³/mol. The first-order valence-corrected chi connectivity index (χ1v) is 6.84. The lowest BCUT2D eigenvalue weighted by molar-refractivity contribution is 0.0741. The van der Waals surface area contributed by atoms with Crippen LogP contribution in [0.4, 0.5) is 0 Å². The van der Waals surface area contributed by atoms with Gasteiger partial charge in [-0.3, -0.25) is 4.79 Å². The van der Waals surface area contributed by atoms with Crippen LogP contribution in [0.25, 0.3) is 0 Å². The molecule has 1 N–H and O–H groups in total. The Morgan fingerprint density at radius 1 is 1.59 bits per heavy atom. The Balaban J connectivity index is 2.16. The summed E-state index contributed by atoms with van der Waals surface area (Å²) in [5, 5.41) is 4.13. The van der Waals surface area contributed by atoms with Gasteiger partial charge in [0.15, 0.2) is 0 Å². The van der Waals surface area contributed by atoms with Crippen LogP contribution < -0.4 is 5.32 Å². The molecule has 0 aliphatic carbocycles. The van der Waals surface area contributed by atoms with Crippen molar-refractivity contribution in [2.75, 3.05) is 20.1 Å². The molecule has 94 valence electrons. The number of rotatable bonds is 3. The van der Waals surface area contributed by atoms with Gasteiger partial charge in [0.25, 0.3) is 5.91 Å². The number of hydrogen-bond donors (Lipinski definition) is 1. The first-order chi connectivity index (χ1) is 8.13. The molecule has 1 aromatic heterocycles. The molecule has 1 aliphatic rings. The predicted octanol–water partition coefficient (Wildman–Crippen LogP) is 1.58. The highest BCUT2D eigenvalue weighted by molar-refractivity contribution is 7.13. The molecule has 1 aromatic rings. The van der Waals surface area contributed by atoms with Gasteiger partial charge in [0.2, 0.25) is 0 Å². The number of amides is 1. The molecule has 0 radical (unpaired) electrons. The van der Waals surface area contributed by atoms with Gasteiger partial charge in [0.05, 0.1) is 10.7 Å². The first-order valence-electron chi connectivity index (χ1n) is 6.03. The van der Waals surface area contributed by atoms with Gasteiger partial charge in [-0.05, 0) is 33.7 Å². The van der Waals surface area contributed by atoms with Gasteiger partial charge < -0.3 is 10.2 Å². The van der Waals surface area contributed by atoms with Gasteiger partial charge in [-0.2, -0.15) is 0 Å². The highest BCUT2D eigenvalue weighted by Crippen LogP contribution is 2.24. The SMILES string of the molecule is CNCC1CCCN1C(=O)c1sc(C)nc1C. The van der Waals surface area contributed by atoms with E-state index in [1.54, 1.807) is 0 Å². The number of nitrogens with one attached hydrogen (secondary N) is 1. The van der Waals surface area contributed by atoms with Gasteiger partial charge in [-0.15, -0.1) is 11.3 Å². The molecule has 0 bridgehead atoms. The normalized spacial score (nSPS) is 19.9. The minimum absolute atomic E-state index is 0.158. The van der Waals surface area contributed by atoms with Gasteiger partial charge in [0, 0.05) is 19.1 Å². The summed E-state index contributed by atoms with van der Waals surface area (Å²) in [6.45, 7) is 5.62. The Labute approximate surface area is 106 Å². The molecule has 1 amide bonds. The fraction of sp³-hybridized carbons (Fsp3) is 0.667. The third-order valence-electron chi connectivity index (χ3n) is 3.18. The Morgan fingerprint density at radius 2 is 2.35 bits per heavy atom. The fourth-order valence-corrected chi connectivity index (χ4v) is 3.29. The van der Waals surface area contributed by atoms with E-state index in [1.165, 1.54) is 11.3 Å². The van der Waals surface area contributed by atoms with Crippen LogP contribution in [-0.4, -0.2) is 42.0 Å². The molecule has 17 heavy (non-hydrogen) atoms. The number of thiazole rings is 1. The van der Waals surface area contributed by atoms with E-state index in [4.69, 9.17) is 0 Å². The van der Waals surface area contributed by atoms with Crippen LogP contribution in [0.15, 0.2) is 0 Å². The third kappa shape index (κ3) is 2.50. The summed E-state index contributed by atoms with van der Waals surface area (Å²) in [6.07, 6.45) is 2.21. The van der Waals surface area contributed by atoms with Crippen LogP contribution in [-0.2, 0) is 0 Å². The maximum absolute atomic E-state index is 12.4. The Bertz CT molecular complexity index is 416. The molecule has 1 atom stereocenters. The Kier molecular flexibility index (Phi) is 3.79. The topological polar surface area (TPSA) is 45.2 Å². The first kappa shape index (κ1) is 12.5. The van der Waals surface area contributed by atoms with Crippen LogP contribution in [0.1, 0.15) is 33.2 Å². The van der Waals surface area contributed by atoms with E-state index in [1.807, 2.05) is 25.8 Å². The van der Waals surface area contributed by atoms with Crippen molar-refractivity contribution >= 4 is 17.2 Å². The van der Waals surface area contributed by atoms with Gasteiger partial charge in [-0.1, -0.05) is 0 Å². The molecule has 2 rings (SSSR count). The van der Waals surface area contributed by atoms with Crippen molar-refractivity contribution in [3.05, 3.63) is 15.6 Å². The standard InChI is InChI=1S/C12H19N3OS/c1-8-11(17-9(2)14-8)12(16)15-6-4-5-10(15)7-13-3/h10,13H,4-7H2,1-3H3. The fourth-order valence-electron chi connectivity index (χ4n) is 2.41. The molecule has 1 saturated heterocycles. The Morgan fingerprint density at radius 3 is 2.94 bits per heavy atom. The van der Waals surface area contributed by atoms with Crippen LogP contribution in [0.2, 0.25) is 0 Å². The van der Waals surface area contributed by atoms with Crippen molar-refractivity contribution in [3.63, 3.8) is 0 Å². The van der Waals surface area contributed by atoms with Crippen molar-refractivity contribution in [1.29, 1.82) is 0 Å². The van der Waals surface area contributed by atoms with E-state index >= 15 is 0 Å². The second-order valence-corrected chi connectivity index (χ2v) is 5.70. The van der Waals surface area contributed by atoms with E-state index < -0.39 is 0 Å². The Hall–Kier alpha value is -0.940. The number of likely N-dealkylation sites (tertiary alicyclic amines) is 1. The van der Waals surface area contributed by atoms with E-state index in [0.717, 1.165) is 41.5 Å². The largest absolute Gasteiger partial charge is 0.334 e. The molecule has 2 heterocycles. The highest BCUT2D eigenvalue weighted by atomic mass is 32.1. The number of hydrogen-bond acceptors (Lipinski definition) is 4. The molecule has 1 aliphatic heterocycles. The number of nitrogens with zero attached hydrogens (tertiary/aromatic N) is 2. The lowest BCUT2D eigenvalue weighted by Gasteiger charge is -2.24. The van der Waals surface area contributed by atoms with E-state index in [2.05, 4.69) is 10.3 Å². The minimum atomic E-state index is 0.158. The molecule has 5 heteroatoms. The maximum Gasteiger partial charge on any atom is 0.266 e. The number of carbonyl (C=O) groups is 1. The summed E-state index contributed by atoms with van der Waals surface area (Å²) < 4.78 is 0. The third-order valence-corrected chi connectivity index (χ3v) is 4.24. The van der Waals surface area contributed by atoms with Gasteiger partial charge in [-0.25, -0.2) is 4.98 Å². The zero-order valence-corrected chi connectivity index (χ0v) is 11.4. The van der Waals surface area contributed by atoms with E-state index in [-0.39, 0.29) is 5.91 Å². The van der Waals surface area contributed by atoms with E-state index in [0.29, 0.717) is 6.04 Å². The van der Waals surface area contributed by atoms with Crippen molar-refractivity contribution < 1.29 is 4.79 Å². The zero-order chi connectivity index (χ0) is 12.4. The zero-order valence-electron chi connectivity index (χ0n) is 10.6. The molecule has 0 spiro atoms. The van der Waals surface area contributed by atoms with Crippen molar-refractivity contribution in [2.45, 2.75) is 32.7 Å². The summed E-state index contributed by atoms with van der Waals surface area (Å²) in [5.41, 5.74) is 0.868. The smallest absolute Gasteiger partial charge is 0.266 e.